The van der Waals surface area contributed by atoms with Crippen molar-refractivity contribution in [2.45, 2.75) is 19.4 Å². The molecule has 1 atom stereocenters. The Kier molecular flexibility index (Phi) is 3.50. The van der Waals surface area contributed by atoms with Gasteiger partial charge in [0.15, 0.2) is 5.76 Å². The van der Waals surface area contributed by atoms with Crippen molar-refractivity contribution >= 4 is 0 Å². The molecule has 6 heteroatoms. The van der Waals surface area contributed by atoms with E-state index in [1.807, 2.05) is 54.1 Å². The number of furan rings is 1. The van der Waals surface area contributed by atoms with Crippen molar-refractivity contribution < 1.29 is 4.42 Å². The van der Waals surface area contributed by atoms with Gasteiger partial charge in [-0.3, -0.25) is 0 Å². The van der Waals surface area contributed by atoms with Crippen molar-refractivity contribution in [3.8, 4) is 17.1 Å². The van der Waals surface area contributed by atoms with E-state index in [2.05, 4.69) is 21.5 Å². The van der Waals surface area contributed by atoms with Crippen LogP contribution < -0.4 is 5.32 Å². The largest absolute Gasteiger partial charge is 0.460 e. The molecule has 3 aromatic heterocycles. The van der Waals surface area contributed by atoms with Crippen LogP contribution in [-0.4, -0.2) is 26.3 Å². The van der Waals surface area contributed by atoms with Crippen LogP contribution in [0.3, 0.4) is 0 Å². The van der Waals surface area contributed by atoms with Crippen LogP contribution in [0.25, 0.3) is 17.1 Å². The lowest BCUT2D eigenvalue weighted by Crippen LogP contribution is -2.30. The van der Waals surface area contributed by atoms with Crippen molar-refractivity contribution in [3.05, 3.63) is 77.7 Å². The minimum Gasteiger partial charge on any atom is -0.460 e. The smallest absolute Gasteiger partial charge is 0.154 e. The highest BCUT2D eigenvalue weighted by molar-refractivity contribution is 5.60. The Hall–Kier alpha value is -3.12. The van der Waals surface area contributed by atoms with Crippen LogP contribution in [0.4, 0.5) is 0 Å². The van der Waals surface area contributed by atoms with E-state index in [1.165, 1.54) is 5.69 Å². The molecule has 2 N–H and O–H groups in total. The summed E-state index contributed by atoms with van der Waals surface area (Å²) in [7, 11) is 0. The number of H-pyrrole nitrogens is 1. The summed E-state index contributed by atoms with van der Waals surface area (Å²) in [4.78, 5) is 7.81. The average molecular weight is 345 g/mol. The normalized spacial score (nSPS) is 16.6. The van der Waals surface area contributed by atoms with Crippen LogP contribution in [0.5, 0.6) is 0 Å². The van der Waals surface area contributed by atoms with Crippen LogP contribution in [-0.2, 0) is 6.42 Å². The molecule has 0 fully saturated rings. The highest BCUT2D eigenvalue weighted by Crippen LogP contribution is 2.34. The first kappa shape index (κ1) is 15.2. The van der Waals surface area contributed by atoms with E-state index in [-0.39, 0.29) is 6.04 Å². The topological polar surface area (TPSA) is 71.7 Å². The Bertz CT molecular complexity index is 1040. The van der Waals surface area contributed by atoms with Crippen LogP contribution in [0.1, 0.15) is 28.8 Å². The molecule has 0 radical (unpaired) electrons. The average Bonchev–Trinajstić information content (AvgIpc) is 3.40. The fraction of sp³-hybridized carbons (Fsp3) is 0.200. The van der Waals surface area contributed by atoms with Gasteiger partial charge in [-0.1, -0.05) is 18.2 Å². The van der Waals surface area contributed by atoms with Crippen LogP contribution in [0.2, 0.25) is 0 Å². The molecule has 0 spiro atoms. The lowest BCUT2D eigenvalue weighted by atomic mass is 9.98. The van der Waals surface area contributed by atoms with Crippen LogP contribution in [0.15, 0.2) is 59.4 Å². The van der Waals surface area contributed by atoms with E-state index in [4.69, 9.17) is 9.52 Å². The summed E-state index contributed by atoms with van der Waals surface area (Å²) >= 11 is 0. The van der Waals surface area contributed by atoms with E-state index in [1.54, 1.807) is 6.33 Å². The molecule has 0 amide bonds. The van der Waals surface area contributed by atoms with Crippen molar-refractivity contribution in [3.63, 3.8) is 0 Å². The SMILES string of the molecule is Cc1ccc(-c2nn(-c3ccccc3)cc2C2NCCc3[nH]cnc32)o1. The third-order valence-electron chi connectivity index (χ3n) is 4.80. The number of aromatic amines is 1. The summed E-state index contributed by atoms with van der Waals surface area (Å²) in [5, 5.41) is 8.42. The Morgan fingerprint density at radius 2 is 2.04 bits per heavy atom. The quantitative estimate of drug-likeness (QED) is 0.597. The van der Waals surface area contributed by atoms with Gasteiger partial charge in [0.25, 0.3) is 0 Å². The zero-order valence-corrected chi connectivity index (χ0v) is 14.4. The molecule has 1 aliphatic heterocycles. The van der Waals surface area contributed by atoms with E-state index in [0.29, 0.717) is 0 Å². The van der Waals surface area contributed by atoms with E-state index in [9.17, 15) is 0 Å². The first-order valence-electron chi connectivity index (χ1n) is 8.77. The fourth-order valence-corrected chi connectivity index (χ4v) is 3.54. The molecule has 26 heavy (non-hydrogen) atoms. The molecule has 1 aliphatic rings. The Morgan fingerprint density at radius 1 is 1.15 bits per heavy atom. The van der Waals surface area contributed by atoms with E-state index < -0.39 is 0 Å². The number of imidazole rings is 1. The molecule has 0 saturated carbocycles. The van der Waals surface area contributed by atoms with Crippen molar-refractivity contribution in [1.82, 2.24) is 25.1 Å². The third kappa shape index (κ3) is 2.46. The molecule has 0 bridgehead atoms. The van der Waals surface area contributed by atoms with Gasteiger partial charge in [-0.05, 0) is 31.2 Å². The first-order valence-corrected chi connectivity index (χ1v) is 8.77. The van der Waals surface area contributed by atoms with Crippen LogP contribution in [0, 0.1) is 6.92 Å². The second-order valence-corrected chi connectivity index (χ2v) is 6.53. The Labute approximate surface area is 150 Å². The van der Waals surface area contributed by atoms with Gasteiger partial charge in [0, 0.05) is 30.4 Å². The van der Waals surface area contributed by atoms with Gasteiger partial charge in [-0.2, -0.15) is 5.10 Å². The fourth-order valence-electron chi connectivity index (χ4n) is 3.54. The molecule has 1 aromatic carbocycles. The minimum atomic E-state index is -0.0112. The van der Waals surface area contributed by atoms with Gasteiger partial charge in [0.1, 0.15) is 11.5 Å². The zero-order chi connectivity index (χ0) is 17.5. The number of hydrogen-bond donors (Lipinski definition) is 2. The molecule has 4 aromatic rings. The minimum absolute atomic E-state index is 0.0112. The monoisotopic (exact) mass is 345 g/mol. The molecule has 130 valence electrons. The molecule has 5 rings (SSSR count). The first-order chi connectivity index (χ1) is 12.8. The maximum Gasteiger partial charge on any atom is 0.154 e. The van der Waals surface area contributed by atoms with Crippen molar-refractivity contribution in [1.29, 1.82) is 0 Å². The van der Waals surface area contributed by atoms with Gasteiger partial charge in [0.05, 0.1) is 23.8 Å². The third-order valence-corrected chi connectivity index (χ3v) is 4.80. The molecule has 6 nitrogen and oxygen atoms in total. The standard InChI is InChI=1S/C20H19N5O/c1-13-7-8-17(26-13)18-15(11-25(24-18)14-5-3-2-4-6-14)19-20-16(9-10-21-19)22-12-23-20/h2-8,11-12,19,21H,9-10H2,1H3,(H,22,23). The van der Waals surface area contributed by atoms with E-state index in [0.717, 1.165) is 47.1 Å². The number of fused-ring (bicyclic) bond motifs is 1. The lowest BCUT2D eigenvalue weighted by molar-refractivity contribution is 0.536. The number of para-hydroxylation sites is 1. The van der Waals surface area contributed by atoms with Crippen molar-refractivity contribution in [2.24, 2.45) is 0 Å². The lowest BCUT2D eigenvalue weighted by Gasteiger charge is -2.22. The predicted molar refractivity (Wildman–Crippen MR) is 98.1 cm³/mol. The predicted octanol–water partition coefficient (Wildman–Crippen LogP) is 3.40. The highest BCUT2D eigenvalue weighted by Gasteiger charge is 2.29. The molecule has 0 saturated heterocycles. The molecular weight excluding hydrogens is 326 g/mol. The second-order valence-electron chi connectivity index (χ2n) is 6.53. The highest BCUT2D eigenvalue weighted by atomic mass is 16.3. The number of nitrogens with one attached hydrogen (secondary N) is 2. The number of benzene rings is 1. The summed E-state index contributed by atoms with van der Waals surface area (Å²) in [5.74, 6) is 1.65. The number of rotatable bonds is 3. The van der Waals surface area contributed by atoms with Gasteiger partial charge in [-0.15, -0.1) is 0 Å². The molecule has 4 heterocycles. The summed E-state index contributed by atoms with van der Waals surface area (Å²) in [6, 6.07) is 14.0. The summed E-state index contributed by atoms with van der Waals surface area (Å²) in [6.45, 7) is 2.84. The summed E-state index contributed by atoms with van der Waals surface area (Å²) in [6.07, 6.45) is 4.79. The van der Waals surface area contributed by atoms with Gasteiger partial charge in [0.2, 0.25) is 0 Å². The molecular formula is C20H19N5O. The molecule has 0 aliphatic carbocycles. The maximum absolute atomic E-state index is 5.89. The number of hydrogen-bond acceptors (Lipinski definition) is 4. The summed E-state index contributed by atoms with van der Waals surface area (Å²) in [5.41, 5.74) is 5.14. The number of aromatic nitrogens is 4. The van der Waals surface area contributed by atoms with E-state index >= 15 is 0 Å². The number of aryl methyl sites for hydroxylation is 1. The van der Waals surface area contributed by atoms with Gasteiger partial charge >= 0.3 is 0 Å². The molecule has 1 unspecified atom stereocenters. The second kappa shape index (κ2) is 6.00. The maximum atomic E-state index is 5.89. The summed E-state index contributed by atoms with van der Waals surface area (Å²) < 4.78 is 7.80. The van der Waals surface area contributed by atoms with Crippen molar-refractivity contribution in [2.75, 3.05) is 6.54 Å². The Morgan fingerprint density at radius 3 is 2.85 bits per heavy atom. The van der Waals surface area contributed by atoms with Gasteiger partial charge < -0.3 is 14.7 Å². The van der Waals surface area contributed by atoms with Gasteiger partial charge in [-0.25, -0.2) is 9.67 Å². The number of nitrogens with zero attached hydrogens (tertiary/aromatic N) is 3. The zero-order valence-electron chi connectivity index (χ0n) is 14.4. The Balaban J connectivity index is 1.68. The van der Waals surface area contributed by atoms with Crippen LogP contribution >= 0.6 is 0 Å².